The fourth-order valence-electron chi connectivity index (χ4n) is 3.02. The first-order valence-corrected chi connectivity index (χ1v) is 10.7. The lowest BCUT2D eigenvalue weighted by molar-refractivity contribution is 0.0849. The summed E-state index contributed by atoms with van der Waals surface area (Å²) >= 11 is 7.28. The molecule has 2 aromatic heterocycles. The molecular weight excluding hydrogens is 457 g/mol. The Balaban J connectivity index is 1.40. The van der Waals surface area contributed by atoms with Gasteiger partial charge in [-0.1, -0.05) is 22.8 Å². The summed E-state index contributed by atoms with van der Waals surface area (Å²) in [5, 5.41) is 4.65. The van der Waals surface area contributed by atoms with Gasteiger partial charge in [-0.3, -0.25) is 20.4 Å². The number of fused-ring (bicyclic) bond motifs is 1. The summed E-state index contributed by atoms with van der Waals surface area (Å²) in [6, 6.07) is 10.6. The fourth-order valence-corrected chi connectivity index (χ4v) is 4.46. The molecule has 10 heteroatoms. The van der Waals surface area contributed by atoms with Crippen molar-refractivity contribution in [2.24, 2.45) is 0 Å². The maximum absolute atomic E-state index is 13.4. The van der Waals surface area contributed by atoms with Crippen LogP contribution in [0.4, 0.5) is 4.39 Å². The van der Waals surface area contributed by atoms with Crippen molar-refractivity contribution >= 4 is 44.8 Å². The molecular formula is C22H17ClFN3O4S. The van der Waals surface area contributed by atoms with Crippen LogP contribution in [0.3, 0.4) is 0 Å². The summed E-state index contributed by atoms with van der Waals surface area (Å²) in [6.07, 6.45) is 0. The lowest BCUT2D eigenvalue weighted by Gasteiger charge is -2.09. The Kier molecular flexibility index (Phi) is 6.11. The standard InChI is InChI=1S/C22H17ClFN3O4S/c1-11-17(12(2)31-27-11)10-30-15-5-3-4-13(8-15)21(28)25-26-22(29)20-19(23)16-7-6-14(24)9-18(16)32-20/h3-9H,10H2,1-2H3,(H,25,28)(H,26,29). The maximum atomic E-state index is 13.4. The first-order valence-electron chi connectivity index (χ1n) is 9.46. The predicted molar refractivity (Wildman–Crippen MR) is 118 cm³/mol. The van der Waals surface area contributed by atoms with Gasteiger partial charge in [0.2, 0.25) is 0 Å². The molecule has 0 aliphatic rings. The molecule has 0 saturated carbocycles. The van der Waals surface area contributed by atoms with Gasteiger partial charge in [0.05, 0.1) is 16.3 Å². The van der Waals surface area contributed by atoms with Crippen molar-refractivity contribution in [2.45, 2.75) is 20.5 Å². The van der Waals surface area contributed by atoms with Crippen molar-refractivity contribution in [1.82, 2.24) is 16.0 Å². The normalized spacial score (nSPS) is 10.9. The van der Waals surface area contributed by atoms with Crippen LogP contribution in [0.2, 0.25) is 5.02 Å². The average Bonchev–Trinajstić information content (AvgIpc) is 3.28. The van der Waals surface area contributed by atoms with Crippen LogP contribution in [-0.4, -0.2) is 17.0 Å². The topological polar surface area (TPSA) is 93.5 Å². The number of hydrogen-bond donors (Lipinski definition) is 2. The van der Waals surface area contributed by atoms with Crippen LogP contribution in [0, 0.1) is 19.7 Å². The number of amides is 2. The number of hydrazine groups is 1. The molecule has 7 nitrogen and oxygen atoms in total. The number of rotatable bonds is 5. The summed E-state index contributed by atoms with van der Waals surface area (Å²) in [5.41, 5.74) is 6.55. The van der Waals surface area contributed by atoms with Gasteiger partial charge in [-0.15, -0.1) is 11.3 Å². The zero-order valence-electron chi connectivity index (χ0n) is 17.0. The number of thiophene rings is 1. The lowest BCUT2D eigenvalue weighted by atomic mass is 10.2. The van der Waals surface area contributed by atoms with Gasteiger partial charge in [0, 0.05) is 15.6 Å². The van der Waals surface area contributed by atoms with E-state index in [9.17, 15) is 14.0 Å². The molecule has 164 valence electrons. The lowest BCUT2D eigenvalue weighted by Crippen LogP contribution is -2.41. The molecule has 0 atom stereocenters. The van der Waals surface area contributed by atoms with Crippen molar-refractivity contribution in [3.8, 4) is 5.75 Å². The number of carbonyl (C=O) groups excluding carboxylic acids is 2. The largest absolute Gasteiger partial charge is 0.489 e. The second-order valence-corrected chi connectivity index (χ2v) is 8.34. The summed E-state index contributed by atoms with van der Waals surface area (Å²) in [6.45, 7) is 3.86. The molecule has 2 amide bonds. The Bertz CT molecular complexity index is 1310. The molecule has 0 fully saturated rings. The minimum atomic E-state index is -0.601. The second-order valence-electron chi connectivity index (χ2n) is 6.91. The third-order valence-electron chi connectivity index (χ3n) is 4.75. The number of aromatic nitrogens is 1. The van der Waals surface area contributed by atoms with E-state index in [-0.39, 0.29) is 22.1 Å². The number of aryl methyl sites for hydroxylation is 2. The second kappa shape index (κ2) is 8.97. The maximum Gasteiger partial charge on any atom is 0.281 e. The Morgan fingerprint density at radius 3 is 2.69 bits per heavy atom. The van der Waals surface area contributed by atoms with Crippen LogP contribution in [0.25, 0.3) is 10.1 Å². The molecule has 0 radical (unpaired) electrons. The van der Waals surface area contributed by atoms with Crippen LogP contribution in [0.5, 0.6) is 5.75 Å². The molecule has 4 rings (SSSR count). The van der Waals surface area contributed by atoms with Gasteiger partial charge in [0.25, 0.3) is 11.8 Å². The number of benzene rings is 2. The molecule has 0 bridgehead atoms. The molecule has 0 aliphatic heterocycles. The van der Waals surface area contributed by atoms with Crippen LogP contribution < -0.4 is 15.6 Å². The molecule has 0 saturated heterocycles. The number of nitrogens with one attached hydrogen (secondary N) is 2. The van der Waals surface area contributed by atoms with Crippen LogP contribution in [-0.2, 0) is 6.61 Å². The Hall–Kier alpha value is -3.43. The average molecular weight is 474 g/mol. The highest BCUT2D eigenvalue weighted by Gasteiger charge is 2.18. The van der Waals surface area contributed by atoms with Gasteiger partial charge in [0.15, 0.2) is 0 Å². The molecule has 0 unspecified atom stereocenters. The fraction of sp³-hybridized carbons (Fsp3) is 0.136. The molecule has 0 aliphatic carbocycles. The van der Waals surface area contributed by atoms with Crippen LogP contribution >= 0.6 is 22.9 Å². The van der Waals surface area contributed by atoms with Gasteiger partial charge in [0.1, 0.15) is 28.8 Å². The Labute approximate surface area is 191 Å². The number of ether oxygens (including phenoxy) is 1. The van der Waals surface area contributed by atoms with E-state index in [1.165, 1.54) is 18.2 Å². The van der Waals surface area contributed by atoms with Crippen molar-refractivity contribution in [1.29, 1.82) is 0 Å². The number of hydrogen-bond acceptors (Lipinski definition) is 6. The van der Waals surface area contributed by atoms with E-state index in [1.807, 2.05) is 6.92 Å². The van der Waals surface area contributed by atoms with E-state index in [1.54, 1.807) is 31.2 Å². The van der Waals surface area contributed by atoms with Gasteiger partial charge >= 0.3 is 0 Å². The molecule has 32 heavy (non-hydrogen) atoms. The number of halogens is 2. The SMILES string of the molecule is Cc1noc(C)c1COc1cccc(C(=O)NNC(=O)c2sc3cc(F)ccc3c2Cl)c1. The Morgan fingerprint density at radius 1 is 1.16 bits per heavy atom. The van der Waals surface area contributed by atoms with Gasteiger partial charge < -0.3 is 9.26 Å². The predicted octanol–water partition coefficient (Wildman–Crippen LogP) is 4.95. The van der Waals surface area contributed by atoms with E-state index in [4.69, 9.17) is 20.9 Å². The molecule has 4 aromatic rings. The van der Waals surface area contributed by atoms with E-state index in [0.29, 0.717) is 21.6 Å². The highest BCUT2D eigenvalue weighted by atomic mass is 35.5. The first-order chi connectivity index (χ1) is 15.3. The third-order valence-corrected chi connectivity index (χ3v) is 6.40. The van der Waals surface area contributed by atoms with Gasteiger partial charge in [-0.05, 0) is 50.2 Å². The minimum absolute atomic E-state index is 0.170. The zero-order chi connectivity index (χ0) is 22.8. The molecule has 2 N–H and O–H groups in total. The first kappa shape index (κ1) is 21.8. The van der Waals surface area contributed by atoms with Crippen LogP contribution in [0.1, 0.15) is 37.0 Å². The van der Waals surface area contributed by atoms with E-state index >= 15 is 0 Å². The summed E-state index contributed by atoms with van der Waals surface area (Å²) in [5.74, 6) is -0.423. The summed E-state index contributed by atoms with van der Waals surface area (Å²) < 4.78 is 24.8. The Morgan fingerprint density at radius 2 is 1.94 bits per heavy atom. The number of nitrogens with zero attached hydrogens (tertiary/aromatic N) is 1. The summed E-state index contributed by atoms with van der Waals surface area (Å²) in [7, 11) is 0. The van der Waals surface area contributed by atoms with Crippen molar-refractivity contribution in [3.63, 3.8) is 0 Å². The number of carbonyl (C=O) groups is 2. The van der Waals surface area contributed by atoms with E-state index in [0.717, 1.165) is 22.6 Å². The van der Waals surface area contributed by atoms with Crippen LogP contribution in [0.15, 0.2) is 47.0 Å². The molecule has 2 heterocycles. The quantitative estimate of drug-likeness (QED) is 0.400. The van der Waals surface area contributed by atoms with Gasteiger partial charge in [-0.2, -0.15) is 0 Å². The zero-order valence-corrected chi connectivity index (χ0v) is 18.6. The van der Waals surface area contributed by atoms with E-state index < -0.39 is 17.6 Å². The minimum Gasteiger partial charge on any atom is -0.489 e. The van der Waals surface area contributed by atoms with Crippen molar-refractivity contribution in [2.75, 3.05) is 0 Å². The van der Waals surface area contributed by atoms with Crippen molar-refractivity contribution < 1.29 is 23.2 Å². The van der Waals surface area contributed by atoms with Gasteiger partial charge in [-0.25, -0.2) is 4.39 Å². The smallest absolute Gasteiger partial charge is 0.281 e. The summed E-state index contributed by atoms with van der Waals surface area (Å²) in [4.78, 5) is 25.1. The van der Waals surface area contributed by atoms with E-state index in [2.05, 4.69) is 16.0 Å². The molecule has 2 aromatic carbocycles. The highest BCUT2D eigenvalue weighted by molar-refractivity contribution is 7.21. The highest BCUT2D eigenvalue weighted by Crippen LogP contribution is 2.35. The monoisotopic (exact) mass is 473 g/mol. The third kappa shape index (κ3) is 4.44. The molecule has 0 spiro atoms. The van der Waals surface area contributed by atoms with Crippen molar-refractivity contribution in [3.05, 3.63) is 80.8 Å².